The fourth-order valence-electron chi connectivity index (χ4n) is 5.51. The van der Waals surface area contributed by atoms with Gasteiger partial charge in [-0.05, 0) is 65.0 Å². The van der Waals surface area contributed by atoms with E-state index in [4.69, 9.17) is 38.7 Å². The van der Waals surface area contributed by atoms with Crippen molar-refractivity contribution in [1.82, 2.24) is 5.32 Å². The molecule has 14 nitrogen and oxygen atoms in total. The smallest absolute Gasteiger partial charge is 0.303 e. The number of amides is 1. The first-order valence-electron chi connectivity index (χ1n) is 17.0. The van der Waals surface area contributed by atoms with Crippen molar-refractivity contribution in [2.24, 2.45) is 11.0 Å². The van der Waals surface area contributed by atoms with Crippen LogP contribution in [0.2, 0.25) is 0 Å². The Labute approximate surface area is 290 Å². The first kappa shape index (κ1) is 42.1. The SMILES string of the molecule is CC(=O)O[C@@H](C)/C=C\C(=O)N[C@@H]1C[C@H](C)[C@H](C/C=C(C)/C=C/[C@H]2OC(C)(C)CC(=O)[C@@H]2OCCOCCOCCOCCN=[N+]=[N-])O[C@@H]1C. The third kappa shape index (κ3) is 17.4. The molecular weight excluding hydrogens is 636 g/mol. The minimum absolute atomic E-state index is 0.00853. The van der Waals surface area contributed by atoms with Gasteiger partial charge in [0, 0.05) is 30.9 Å². The average molecular weight is 693 g/mol. The summed E-state index contributed by atoms with van der Waals surface area (Å²) in [5.74, 6) is -0.452. The minimum Gasteiger partial charge on any atom is -0.459 e. The lowest BCUT2D eigenvalue weighted by Crippen LogP contribution is -2.50. The van der Waals surface area contributed by atoms with E-state index >= 15 is 0 Å². The van der Waals surface area contributed by atoms with Crippen molar-refractivity contribution in [3.63, 3.8) is 0 Å². The van der Waals surface area contributed by atoms with Gasteiger partial charge in [0.2, 0.25) is 5.91 Å². The molecule has 1 N–H and O–H groups in total. The van der Waals surface area contributed by atoms with E-state index < -0.39 is 29.9 Å². The largest absolute Gasteiger partial charge is 0.459 e. The number of carbonyl (C=O) groups is 3. The Morgan fingerprint density at radius 1 is 1.06 bits per heavy atom. The van der Waals surface area contributed by atoms with Crippen LogP contribution in [0.15, 0.2) is 41.1 Å². The van der Waals surface area contributed by atoms with Gasteiger partial charge in [-0.3, -0.25) is 14.4 Å². The summed E-state index contributed by atoms with van der Waals surface area (Å²) in [6.07, 6.45) is 8.68. The van der Waals surface area contributed by atoms with Crippen molar-refractivity contribution in [3.8, 4) is 0 Å². The molecule has 0 radical (unpaired) electrons. The van der Waals surface area contributed by atoms with Gasteiger partial charge in [0.25, 0.3) is 0 Å². The monoisotopic (exact) mass is 692 g/mol. The first-order valence-corrected chi connectivity index (χ1v) is 17.0. The average Bonchev–Trinajstić information content (AvgIpc) is 3.02. The summed E-state index contributed by atoms with van der Waals surface area (Å²) in [7, 11) is 0. The van der Waals surface area contributed by atoms with Crippen LogP contribution in [0.4, 0.5) is 0 Å². The molecule has 7 atom stereocenters. The second-order valence-corrected chi connectivity index (χ2v) is 13.0. The number of allylic oxidation sites excluding steroid dienone is 2. The summed E-state index contributed by atoms with van der Waals surface area (Å²) >= 11 is 0. The van der Waals surface area contributed by atoms with E-state index in [0.717, 1.165) is 12.0 Å². The zero-order valence-electron chi connectivity index (χ0n) is 30.1. The Balaban J connectivity index is 1.79. The van der Waals surface area contributed by atoms with Crippen LogP contribution < -0.4 is 5.32 Å². The number of esters is 1. The molecule has 2 rings (SSSR count). The molecule has 2 saturated heterocycles. The van der Waals surface area contributed by atoms with E-state index in [1.165, 1.54) is 13.0 Å². The third-order valence-electron chi connectivity index (χ3n) is 7.97. The molecule has 0 aromatic rings. The number of azide groups is 1. The van der Waals surface area contributed by atoms with Crippen molar-refractivity contribution in [3.05, 3.63) is 46.4 Å². The van der Waals surface area contributed by atoms with Gasteiger partial charge in [-0.15, -0.1) is 0 Å². The molecule has 2 aliphatic rings. The molecule has 0 aromatic heterocycles. The summed E-state index contributed by atoms with van der Waals surface area (Å²) < 4.78 is 39.8. The summed E-state index contributed by atoms with van der Waals surface area (Å²) in [6.45, 7) is 15.7. The van der Waals surface area contributed by atoms with Crippen molar-refractivity contribution < 1.29 is 47.5 Å². The maximum atomic E-state index is 13.0. The van der Waals surface area contributed by atoms with Crippen LogP contribution in [0.3, 0.4) is 0 Å². The maximum Gasteiger partial charge on any atom is 0.303 e. The van der Waals surface area contributed by atoms with Gasteiger partial charge in [0.1, 0.15) is 18.3 Å². The predicted molar refractivity (Wildman–Crippen MR) is 183 cm³/mol. The van der Waals surface area contributed by atoms with Crippen LogP contribution >= 0.6 is 0 Å². The number of ether oxygens (including phenoxy) is 7. The molecular formula is C35H56N4O10. The highest BCUT2D eigenvalue weighted by molar-refractivity contribution is 5.88. The fraction of sp³-hybridized carbons (Fsp3) is 0.743. The molecule has 0 bridgehead atoms. The fourth-order valence-corrected chi connectivity index (χ4v) is 5.51. The number of hydrogen-bond donors (Lipinski definition) is 1. The number of ketones is 1. The van der Waals surface area contributed by atoms with Crippen molar-refractivity contribution in [2.75, 3.05) is 52.8 Å². The molecule has 2 fully saturated rings. The molecule has 0 unspecified atom stereocenters. The third-order valence-corrected chi connectivity index (χ3v) is 7.97. The van der Waals surface area contributed by atoms with E-state index in [2.05, 4.69) is 28.3 Å². The quantitative estimate of drug-likeness (QED) is 0.0341. The second-order valence-electron chi connectivity index (χ2n) is 13.0. The van der Waals surface area contributed by atoms with Crippen LogP contribution in [0.1, 0.15) is 67.7 Å². The lowest BCUT2D eigenvalue weighted by molar-refractivity contribution is -0.176. The standard InChI is InChI=1S/C35H56N4O10/c1-24(8-11-31-25(2)22-29(27(4)48-31)38-33(42)13-10-26(3)47-28(5)40)9-12-32-34(30(41)23-35(6,7)49-32)46-21-20-45-19-18-44-17-16-43-15-14-37-39-36/h8-10,12-13,25-27,29,31-32,34H,11,14-23H2,1-7H3,(H,38,42)/b12-9+,13-10-,24-8+/t25-,26-,27+,29+,31-,32+,34-/m0/s1. The topological polar surface area (TPSA) is 177 Å². The molecule has 49 heavy (non-hydrogen) atoms. The maximum absolute atomic E-state index is 13.0. The van der Waals surface area contributed by atoms with Crippen molar-refractivity contribution in [1.29, 1.82) is 0 Å². The number of nitrogens with one attached hydrogen (secondary N) is 1. The summed E-state index contributed by atoms with van der Waals surface area (Å²) in [4.78, 5) is 39.2. The van der Waals surface area contributed by atoms with E-state index in [0.29, 0.717) is 52.6 Å². The zero-order valence-corrected chi connectivity index (χ0v) is 30.1. The highest BCUT2D eigenvalue weighted by Crippen LogP contribution is 2.30. The Hall–Kier alpha value is -3.10. The number of Topliss-reactive ketones (excluding diaryl/α,β-unsaturated/α-hetero) is 1. The van der Waals surface area contributed by atoms with Gasteiger partial charge >= 0.3 is 5.97 Å². The highest BCUT2D eigenvalue weighted by Gasteiger charge is 2.41. The molecule has 0 aromatic carbocycles. The van der Waals surface area contributed by atoms with Crippen LogP contribution in [0.5, 0.6) is 0 Å². The van der Waals surface area contributed by atoms with Gasteiger partial charge < -0.3 is 38.5 Å². The number of nitrogens with zero attached hydrogens (tertiary/aromatic N) is 3. The number of carbonyl (C=O) groups excluding carboxylic acids is 3. The molecule has 276 valence electrons. The lowest BCUT2D eigenvalue weighted by atomic mass is 9.88. The molecule has 2 heterocycles. The Morgan fingerprint density at radius 3 is 2.37 bits per heavy atom. The second kappa shape index (κ2) is 22.6. The normalized spacial score (nSPS) is 26.4. The molecule has 2 aliphatic heterocycles. The van der Waals surface area contributed by atoms with Gasteiger partial charge in [0.15, 0.2) is 5.78 Å². The first-order chi connectivity index (χ1) is 23.3. The Kier molecular flexibility index (Phi) is 19.4. The Morgan fingerprint density at radius 2 is 1.71 bits per heavy atom. The van der Waals surface area contributed by atoms with Gasteiger partial charge in [-0.1, -0.05) is 35.8 Å². The Bertz CT molecular complexity index is 1180. The summed E-state index contributed by atoms with van der Waals surface area (Å²) in [6, 6.07) is -0.134. The molecule has 0 saturated carbocycles. The van der Waals surface area contributed by atoms with Gasteiger partial charge in [-0.25, -0.2) is 0 Å². The molecule has 0 aliphatic carbocycles. The zero-order chi connectivity index (χ0) is 36.2. The van der Waals surface area contributed by atoms with E-state index in [1.807, 2.05) is 39.8 Å². The van der Waals surface area contributed by atoms with Crippen LogP contribution in [-0.2, 0) is 47.5 Å². The van der Waals surface area contributed by atoms with E-state index in [9.17, 15) is 14.4 Å². The predicted octanol–water partition coefficient (Wildman–Crippen LogP) is 4.57. The number of rotatable bonds is 21. The number of hydrogen-bond acceptors (Lipinski definition) is 11. The highest BCUT2D eigenvalue weighted by atomic mass is 16.6. The summed E-state index contributed by atoms with van der Waals surface area (Å²) in [5.41, 5.74) is 8.63. The van der Waals surface area contributed by atoms with Crippen molar-refractivity contribution in [2.45, 2.75) is 110 Å². The summed E-state index contributed by atoms with van der Waals surface area (Å²) in [5, 5.41) is 6.39. The molecule has 14 heteroatoms. The van der Waals surface area contributed by atoms with Crippen molar-refractivity contribution >= 4 is 17.7 Å². The van der Waals surface area contributed by atoms with Crippen LogP contribution in [-0.4, -0.2) is 113 Å². The van der Waals surface area contributed by atoms with Crippen LogP contribution in [0.25, 0.3) is 10.4 Å². The van der Waals surface area contributed by atoms with E-state index in [1.54, 1.807) is 13.0 Å². The van der Waals surface area contributed by atoms with E-state index in [-0.39, 0.29) is 48.9 Å². The molecule has 0 spiro atoms. The van der Waals surface area contributed by atoms with Crippen LogP contribution in [0, 0.1) is 5.92 Å². The van der Waals surface area contributed by atoms with Gasteiger partial charge in [0.05, 0.1) is 70.1 Å². The van der Waals surface area contributed by atoms with Gasteiger partial charge in [-0.2, -0.15) is 0 Å². The molecule has 1 amide bonds. The minimum atomic E-state index is -0.728. The lowest BCUT2D eigenvalue weighted by Gasteiger charge is -2.39.